The number of nitrogens with zero attached hydrogens (tertiary/aromatic N) is 2. The molecule has 0 saturated carbocycles. The molecule has 1 atom stereocenters. The van der Waals surface area contributed by atoms with E-state index in [1.165, 1.54) is 0 Å². The number of aromatic nitrogens is 1. The van der Waals surface area contributed by atoms with Crippen LogP contribution < -0.4 is 14.8 Å². The van der Waals surface area contributed by atoms with Crippen LogP contribution in [-0.4, -0.2) is 64.3 Å². The zero-order chi connectivity index (χ0) is 37.1. The molecule has 2 aliphatic rings. The molecule has 1 amide bonds. The molecule has 4 aromatic carbocycles. The maximum absolute atomic E-state index is 12.4. The Morgan fingerprint density at radius 2 is 1.57 bits per heavy atom. The van der Waals surface area contributed by atoms with Crippen molar-refractivity contribution in [1.82, 2.24) is 10.3 Å². The molecule has 0 spiro atoms. The van der Waals surface area contributed by atoms with E-state index in [0.717, 1.165) is 65.3 Å². The van der Waals surface area contributed by atoms with Crippen LogP contribution in [0.1, 0.15) is 28.7 Å². The number of hydrogen-bond acceptors (Lipinski definition) is 6. The number of aliphatic imine (C=N–C) groups is 2. The number of allylic oxidation sites excluding steroid dienone is 1. The van der Waals surface area contributed by atoms with Crippen molar-refractivity contribution in [3.05, 3.63) is 129 Å². The topological polar surface area (TPSA) is 163 Å². The average Bonchev–Trinajstić information content (AvgIpc) is 3.70. The lowest BCUT2D eigenvalue weighted by molar-refractivity contribution is -0.147. The number of aliphatic carboxylic acids is 2. The minimum atomic E-state index is -1.55. The van der Waals surface area contributed by atoms with Crippen LogP contribution in [0.15, 0.2) is 117 Å². The first-order chi connectivity index (χ1) is 25.7. The third-order valence-corrected chi connectivity index (χ3v) is 10.1. The molecule has 0 bridgehead atoms. The van der Waals surface area contributed by atoms with Crippen molar-refractivity contribution in [2.75, 3.05) is 13.7 Å². The van der Waals surface area contributed by atoms with E-state index in [0.29, 0.717) is 30.2 Å². The fourth-order valence-electron chi connectivity index (χ4n) is 6.55. The summed E-state index contributed by atoms with van der Waals surface area (Å²) in [4.78, 5) is 48.8. The minimum Gasteiger partial charge on any atom is -0.497 e. The molecule has 0 saturated heterocycles. The van der Waals surface area contributed by atoms with E-state index in [2.05, 4.69) is 57.2 Å². The number of carboxylic acid groups (broad SMARTS) is 2. The molecule has 0 radical (unpaired) electrons. The van der Waals surface area contributed by atoms with E-state index >= 15 is 0 Å². The van der Waals surface area contributed by atoms with Crippen LogP contribution >= 0.6 is 22.6 Å². The lowest BCUT2D eigenvalue weighted by Gasteiger charge is -2.19. The number of carbonyl (C=O) groups is 3. The Labute approximate surface area is 318 Å². The molecule has 7 rings (SSSR count). The molecule has 11 nitrogen and oxygen atoms in total. The van der Waals surface area contributed by atoms with Gasteiger partial charge in [0, 0.05) is 22.3 Å². The highest BCUT2D eigenvalue weighted by atomic mass is 127. The lowest BCUT2D eigenvalue weighted by Crippen LogP contribution is -2.44. The smallest absolute Gasteiger partial charge is 0.326 e. The number of aryl methyl sites for hydroxylation is 1. The van der Waals surface area contributed by atoms with E-state index in [1.807, 2.05) is 72.8 Å². The summed E-state index contributed by atoms with van der Waals surface area (Å²) in [6.07, 6.45) is 0.675. The molecule has 1 unspecified atom stereocenters. The number of amides is 1. The van der Waals surface area contributed by atoms with Crippen LogP contribution in [0.3, 0.4) is 0 Å². The zero-order valence-corrected chi connectivity index (χ0v) is 30.6. The number of amidine groups is 1. The van der Waals surface area contributed by atoms with Gasteiger partial charge in [-0.05, 0) is 100 Å². The minimum absolute atomic E-state index is 0.432. The van der Waals surface area contributed by atoms with Crippen LogP contribution in [0.2, 0.25) is 0 Å². The van der Waals surface area contributed by atoms with Gasteiger partial charge in [-0.25, -0.2) is 14.8 Å². The Hall–Kier alpha value is -6.02. The molecular weight excluding hydrogens is 787 g/mol. The number of fused-ring (bicyclic) bond motifs is 3. The number of carboxylic acids is 2. The number of carbonyl (C=O) groups excluding carboxylic acids is 1. The summed E-state index contributed by atoms with van der Waals surface area (Å²) in [5.74, 6) is -1.02. The summed E-state index contributed by atoms with van der Waals surface area (Å²) < 4.78 is 12.1. The quantitative estimate of drug-likeness (QED) is 0.0964. The fraction of sp³-hybridized carbons (Fsp3) is 0.146. The summed E-state index contributed by atoms with van der Waals surface area (Å²) in [7, 11) is 1.64. The summed E-state index contributed by atoms with van der Waals surface area (Å²) in [6, 6.07) is 32.1. The highest BCUT2D eigenvalue weighted by molar-refractivity contribution is 14.1. The van der Waals surface area contributed by atoms with Crippen molar-refractivity contribution >= 4 is 63.4 Å². The van der Waals surface area contributed by atoms with Gasteiger partial charge in [0.15, 0.2) is 12.4 Å². The molecule has 1 aliphatic carbocycles. The second-order valence-corrected chi connectivity index (χ2v) is 13.5. The Bertz CT molecular complexity index is 2310. The van der Waals surface area contributed by atoms with Crippen LogP contribution in [-0.2, 0) is 27.2 Å². The highest BCUT2D eigenvalue weighted by Gasteiger charge is 2.30. The molecule has 5 aromatic rings. The van der Waals surface area contributed by atoms with Gasteiger partial charge in [-0.2, -0.15) is 0 Å². The summed E-state index contributed by atoms with van der Waals surface area (Å²) in [5, 5.41) is 20.4. The summed E-state index contributed by atoms with van der Waals surface area (Å²) in [5.41, 5.74) is 9.80. The van der Waals surface area contributed by atoms with Crippen molar-refractivity contribution in [3.63, 3.8) is 0 Å². The van der Waals surface area contributed by atoms with Crippen LogP contribution in [0.5, 0.6) is 11.5 Å². The first kappa shape index (κ1) is 35.4. The first-order valence-electron chi connectivity index (χ1n) is 16.8. The number of rotatable bonds is 12. The normalized spacial score (nSPS) is 14.6. The number of halogens is 1. The van der Waals surface area contributed by atoms with Gasteiger partial charge in [0.1, 0.15) is 23.4 Å². The molecule has 266 valence electrons. The molecule has 1 aromatic heterocycles. The molecule has 53 heavy (non-hydrogen) atoms. The summed E-state index contributed by atoms with van der Waals surface area (Å²) >= 11 is 2.36. The van der Waals surface area contributed by atoms with Crippen LogP contribution in [0.4, 0.5) is 5.82 Å². The van der Waals surface area contributed by atoms with Gasteiger partial charge >= 0.3 is 11.9 Å². The number of nitrogens with one attached hydrogen (secondary N) is 2. The van der Waals surface area contributed by atoms with E-state index in [9.17, 15) is 19.5 Å². The maximum Gasteiger partial charge on any atom is 0.326 e. The van der Waals surface area contributed by atoms with Gasteiger partial charge in [0.25, 0.3) is 5.91 Å². The van der Waals surface area contributed by atoms with Gasteiger partial charge in [-0.15, -0.1) is 0 Å². The SMILES string of the molecule is COc1ccc(C2=NC(=Nc3[nH]c4c(c3-c3ccccc3)CCc3cc(OCC(=O)NC(CC(=O)O)C(=O)O)ccc3-4)C(c3ccccc3)=C2I)cc1. The predicted octanol–water partition coefficient (Wildman–Crippen LogP) is 7.26. The number of hydrogen-bond donors (Lipinski definition) is 4. The Morgan fingerprint density at radius 1 is 0.887 bits per heavy atom. The third-order valence-electron chi connectivity index (χ3n) is 9.03. The number of benzene rings is 4. The second-order valence-electron chi connectivity index (χ2n) is 12.4. The van der Waals surface area contributed by atoms with Crippen molar-refractivity contribution < 1.29 is 34.1 Å². The van der Waals surface area contributed by atoms with Gasteiger partial charge in [0.2, 0.25) is 0 Å². The van der Waals surface area contributed by atoms with Crippen LogP contribution in [0.25, 0.3) is 28.0 Å². The van der Waals surface area contributed by atoms with Crippen LogP contribution in [0, 0.1) is 0 Å². The second kappa shape index (κ2) is 15.3. The zero-order valence-electron chi connectivity index (χ0n) is 28.4. The summed E-state index contributed by atoms with van der Waals surface area (Å²) in [6.45, 7) is -0.467. The standard InChI is InChI=1S/C41H33IN4O7/c1-52-27-15-12-25(13-16-27)37-36(42)35(24-10-6-3-7-11-24)40(44-37)46-39-34(23-8-4-2-5-9-23)30-18-14-26-20-28(17-19-29(26)38(30)45-39)53-22-32(47)43-31(41(50)51)21-33(48)49/h2-13,15-17,19-20,31,45H,14,18,21-22H2,1H3,(H,43,47)(H,48,49)(H,50,51). The van der Waals surface area contributed by atoms with Crippen molar-refractivity contribution in [3.8, 4) is 33.9 Å². The van der Waals surface area contributed by atoms with E-state index in [1.54, 1.807) is 13.2 Å². The Balaban J connectivity index is 1.25. The largest absolute Gasteiger partial charge is 0.497 e. The van der Waals surface area contributed by atoms with Gasteiger partial charge in [-0.3, -0.25) is 9.59 Å². The van der Waals surface area contributed by atoms with Crippen molar-refractivity contribution in [2.24, 2.45) is 9.98 Å². The molecular formula is C41H33IN4O7. The Morgan fingerprint density at radius 3 is 2.23 bits per heavy atom. The highest BCUT2D eigenvalue weighted by Crippen LogP contribution is 2.46. The predicted molar refractivity (Wildman–Crippen MR) is 210 cm³/mol. The van der Waals surface area contributed by atoms with Gasteiger partial charge < -0.3 is 30.0 Å². The molecule has 12 heteroatoms. The lowest BCUT2D eigenvalue weighted by atomic mass is 9.87. The van der Waals surface area contributed by atoms with E-state index < -0.39 is 36.9 Å². The number of ether oxygens (including phenoxy) is 2. The van der Waals surface area contributed by atoms with E-state index in [-0.39, 0.29) is 0 Å². The molecule has 0 fully saturated rings. The monoisotopic (exact) mass is 820 g/mol. The average molecular weight is 821 g/mol. The number of H-pyrrole nitrogens is 1. The Kier molecular flexibility index (Phi) is 10.2. The van der Waals surface area contributed by atoms with Crippen molar-refractivity contribution in [2.45, 2.75) is 25.3 Å². The van der Waals surface area contributed by atoms with E-state index in [4.69, 9.17) is 24.6 Å². The number of aromatic amines is 1. The fourth-order valence-corrected chi connectivity index (χ4v) is 7.53. The molecule has 2 heterocycles. The molecule has 4 N–H and O–H groups in total. The molecule has 1 aliphatic heterocycles. The first-order valence-corrected chi connectivity index (χ1v) is 17.9. The van der Waals surface area contributed by atoms with Gasteiger partial charge in [-0.1, -0.05) is 60.7 Å². The number of methoxy groups -OCH3 is 1. The maximum atomic E-state index is 12.4. The van der Waals surface area contributed by atoms with Gasteiger partial charge in [0.05, 0.1) is 28.5 Å². The van der Waals surface area contributed by atoms with Crippen molar-refractivity contribution in [1.29, 1.82) is 0 Å². The third kappa shape index (κ3) is 7.49.